The van der Waals surface area contributed by atoms with Crippen molar-refractivity contribution in [3.8, 4) is 0 Å². The highest BCUT2D eigenvalue weighted by atomic mass is 16.5. The van der Waals surface area contributed by atoms with Gasteiger partial charge in [0.05, 0.1) is 6.54 Å². The normalized spacial score (nSPS) is 10.2. The zero-order chi connectivity index (χ0) is 7.40. The van der Waals surface area contributed by atoms with Crippen LogP contribution in [0.25, 0.3) is 0 Å². The summed E-state index contributed by atoms with van der Waals surface area (Å²) in [5, 5.41) is 6.65. The summed E-state index contributed by atoms with van der Waals surface area (Å²) in [5.41, 5.74) is 0. The minimum atomic E-state index is 0.646. The summed E-state index contributed by atoms with van der Waals surface area (Å²) in [6.45, 7) is 2.64. The Hall–Kier alpha value is -0.900. The molecule has 0 aromatic carbocycles. The van der Waals surface area contributed by atoms with Gasteiger partial charge in [-0.1, -0.05) is 12.1 Å². The Morgan fingerprint density at radius 3 is 2.90 bits per heavy atom. The molecule has 1 N–H and O–H groups in total. The van der Waals surface area contributed by atoms with E-state index >= 15 is 0 Å². The SMILES string of the molecule is CCc1noc(CNC)n1. The molecular weight excluding hydrogens is 130 g/mol. The van der Waals surface area contributed by atoms with Crippen LogP contribution in [0.1, 0.15) is 18.6 Å². The van der Waals surface area contributed by atoms with Gasteiger partial charge in [0.25, 0.3) is 0 Å². The number of aromatic nitrogens is 2. The van der Waals surface area contributed by atoms with Crippen LogP contribution in [0.3, 0.4) is 0 Å². The minimum Gasteiger partial charge on any atom is -0.338 e. The molecule has 0 fully saturated rings. The third kappa shape index (κ3) is 1.54. The Kier molecular flexibility index (Phi) is 2.39. The van der Waals surface area contributed by atoms with Gasteiger partial charge in [-0.05, 0) is 7.05 Å². The van der Waals surface area contributed by atoms with Gasteiger partial charge >= 0.3 is 0 Å². The molecule has 4 heteroatoms. The van der Waals surface area contributed by atoms with Crippen LogP contribution in [0.2, 0.25) is 0 Å². The van der Waals surface area contributed by atoms with Crippen LogP contribution >= 0.6 is 0 Å². The Morgan fingerprint density at radius 2 is 2.40 bits per heavy atom. The number of hydrogen-bond donors (Lipinski definition) is 1. The van der Waals surface area contributed by atoms with Crippen LogP contribution in [0.4, 0.5) is 0 Å². The molecule has 1 aromatic heterocycles. The molecule has 0 aliphatic rings. The van der Waals surface area contributed by atoms with Crippen LogP contribution in [0, 0.1) is 0 Å². The van der Waals surface area contributed by atoms with Crippen molar-refractivity contribution in [2.45, 2.75) is 19.9 Å². The van der Waals surface area contributed by atoms with E-state index in [2.05, 4.69) is 15.5 Å². The van der Waals surface area contributed by atoms with Crippen molar-refractivity contribution in [2.75, 3.05) is 7.05 Å². The van der Waals surface area contributed by atoms with Crippen molar-refractivity contribution in [1.82, 2.24) is 15.5 Å². The van der Waals surface area contributed by atoms with E-state index in [4.69, 9.17) is 4.52 Å². The van der Waals surface area contributed by atoms with Crippen molar-refractivity contribution in [1.29, 1.82) is 0 Å². The van der Waals surface area contributed by atoms with E-state index in [1.165, 1.54) is 0 Å². The summed E-state index contributed by atoms with van der Waals surface area (Å²) in [6.07, 6.45) is 0.827. The Labute approximate surface area is 59.6 Å². The second-order valence-electron chi connectivity index (χ2n) is 1.99. The molecule has 10 heavy (non-hydrogen) atoms. The van der Waals surface area contributed by atoms with Crippen LogP contribution in [0.15, 0.2) is 4.52 Å². The maximum absolute atomic E-state index is 4.87. The van der Waals surface area contributed by atoms with Gasteiger partial charge in [0.15, 0.2) is 5.82 Å². The van der Waals surface area contributed by atoms with Crippen molar-refractivity contribution in [2.24, 2.45) is 0 Å². The zero-order valence-electron chi connectivity index (χ0n) is 6.22. The summed E-state index contributed by atoms with van der Waals surface area (Å²) in [6, 6.07) is 0. The van der Waals surface area contributed by atoms with E-state index in [1.54, 1.807) is 0 Å². The Bertz CT molecular complexity index is 197. The lowest BCUT2D eigenvalue weighted by Crippen LogP contribution is -2.05. The first-order chi connectivity index (χ1) is 4.86. The second kappa shape index (κ2) is 3.31. The maximum Gasteiger partial charge on any atom is 0.240 e. The predicted octanol–water partition coefficient (Wildman–Crippen LogP) is 0.351. The van der Waals surface area contributed by atoms with Crippen LogP contribution < -0.4 is 5.32 Å². The first-order valence-corrected chi connectivity index (χ1v) is 3.33. The fourth-order valence-electron chi connectivity index (χ4n) is 0.657. The fraction of sp³-hybridized carbons (Fsp3) is 0.667. The zero-order valence-corrected chi connectivity index (χ0v) is 6.22. The van der Waals surface area contributed by atoms with E-state index in [0.717, 1.165) is 12.2 Å². The molecule has 1 aromatic rings. The molecule has 0 saturated heterocycles. The lowest BCUT2D eigenvalue weighted by Gasteiger charge is -1.86. The van der Waals surface area contributed by atoms with Crippen molar-refractivity contribution in [3.05, 3.63) is 11.7 Å². The average Bonchev–Trinajstić information content (AvgIpc) is 2.37. The topological polar surface area (TPSA) is 51.0 Å². The first kappa shape index (κ1) is 7.21. The van der Waals surface area contributed by atoms with E-state index in [9.17, 15) is 0 Å². The van der Waals surface area contributed by atoms with Crippen molar-refractivity contribution < 1.29 is 4.52 Å². The van der Waals surface area contributed by atoms with Gasteiger partial charge in [0, 0.05) is 6.42 Å². The van der Waals surface area contributed by atoms with Gasteiger partial charge in [0.1, 0.15) is 0 Å². The van der Waals surface area contributed by atoms with E-state index in [-0.39, 0.29) is 0 Å². The molecule has 0 radical (unpaired) electrons. The molecular formula is C6H11N3O. The molecule has 1 heterocycles. The molecule has 0 aliphatic heterocycles. The van der Waals surface area contributed by atoms with E-state index < -0.39 is 0 Å². The molecule has 0 spiro atoms. The number of rotatable bonds is 3. The molecule has 0 atom stereocenters. The molecule has 56 valence electrons. The monoisotopic (exact) mass is 141 g/mol. The molecule has 0 amide bonds. The lowest BCUT2D eigenvalue weighted by molar-refractivity contribution is 0.367. The Balaban J connectivity index is 2.59. The van der Waals surface area contributed by atoms with Gasteiger partial charge in [-0.3, -0.25) is 0 Å². The van der Waals surface area contributed by atoms with Crippen molar-refractivity contribution >= 4 is 0 Å². The number of aryl methyl sites for hydroxylation is 1. The van der Waals surface area contributed by atoms with Gasteiger partial charge in [-0.15, -0.1) is 0 Å². The lowest BCUT2D eigenvalue weighted by atomic mass is 10.5. The summed E-state index contributed by atoms with van der Waals surface area (Å²) < 4.78 is 4.87. The van der Waals surface area contributed by atoms with Gasteiger partial charge in [0.2, 0.25) is 5.89 Å². The highest BCUT2D eigenvalue weighted by Crippen LogP contribution is 1.95. The molecule has 0 unspecified atom stereocenters. The van der Waals surface area contributed by atoms with Crippen molar-refractivity contribution in [3.63, 3.8) is 0 Å². The molecule has 4 nitrogen and oxygen atoms in total. The third-order valence-corrected chi connectivity index (χ3v) is 1.15. The summed E-state index contributed by atoms with van der Waals surface area (Å²) in [7, 11) is 1.84. The summed E-state index contributed by atoms with van der Waals surface area (Å²) in [4.78, 5) is 4.08. The van der Waals surface area contributed by atoms with Gasteiger partial charge in [-0.25, -0.2) is 0 Å². The molecule has 0 aliphatic carbocycles. The fourth-order valence-corrected chi connectivity index (χ4v) is 0.657. The number of nitrogens with one attached hydrogen (secondary N) is 1. The molecule has 0 bridgehead atoms. The Morgan fingerprint density at radius 1 is 1.60 bits per heavy atom. The quantitative estimate of drug-likeness (QED) is 0.660. The van der Waals surface area contributed by atoms with Crippen LogP contribution in [-0.4, -0.2) is 17.2 Å². The highest BCUT2D eigenvalue weighted by molar-refractivity contribution is 4.84. The first-order valence-electron chi connectivity index (χ1n) is 3.33. The molecule has 1 rings (SSSR count). The van der Waals surface area contributed by atoms with Gasteiger partial charge in [-0.2, -0.15) is 4.98 Å². The smallest absolute Gasteiger partial charge is 0.240 e. The number of nitrogens with zero attached hydrogens (tertiary/aromatic N) is 2. The standard InChI is InChI=1S/C6H11N3O/c1-3-5-8-6(4-7-2)10-9-5/h7H,3-4H2,1-2H3. The third-order valence-electron chi connectivity index (χ3n) is 1.15. The van der Waals surface area contributed by atoms with E-state index in [1.807, 2.05) is 14.0 Å². The second-order valence-corrected chi connectivity index (χ2v) is 1.99. The van der Waals surface area contributed by atoms with Gasteiger partial charge < -0.3 is 9.84 Å². The number of hydrogen-bond acceptors (Lipinski definition) is 4. The minimum absolute atomic E-state index is 0.646. The molecule has 0 saturated carbocycles. The summed E-state index contributed by atoms with van der Waals surface area (Å²) >= 11 is 0. The predicted molar refractivity (Wildman–Crippen MR) is 36.4 cm³/mol. The largest absolute Gasteiger partial charge is 0.338 e. The highest BCUT2D eigenvalue weighted by Gasteiger charge is 2.00. The average molecular weight is 141 g/mol. The maximum atomic E-state index is 4.87. The van der Waals surface area contributed by atoms with Crippen LogP contribution in [0.5, 0.6) is 0 Å². The van der Waals surface area contributed by atoms with E-state index in [0.29, 0.717) is 12.4 Å². The summed E-state index contributed by atoms with van der Waals surface area (Å²) in [5.74, 6) is 1.42. The van der Waals surface area contributed by atoms with Crippen LogP contribution in [-0.2, 0) is 13.0 Å².